The van der Waals surface area contributed by atoms with Gasteiger partial charge >= 0.3 is 6.01 Å². The van der Waals surface area contributed by atoms with Crippen molar-refractivity contribution in [2.75, 3.05) is 5.73 Å². The Morgan fingerprint density at radius 1 is 1.36 bits per heavy atom. The lowest BCUT2D eigenvalue weighted by atomic mass is 10.2. The normalized spacial score (nSPS) is 10.4. The van der Waals surface area contributed by atoms with Crippen LogP contribution in [0.25, 0.3) is 11.5 Å². The minimum absolute atomic E-state index is 0.0386. The molecule has 0 bridgehead atoms. The van der Waals surface area contributed by atoms with Gasteiger partial charge in [0, 0.05) is 5.56 Å². The summed E-state index contributed by atoms with van der Waals surface area (Å²) in [5, 5.41) is 7.11. The molecular weight excluding hydrogens is 253 g/mol. The number of nitrogens with two attached hydrogens (primary N) is 1. The van der Waals surface area contributed by atoms with Gasteiger partial charge in [-0.05, 0) is 34.1 Å². The molecule has 4 nitrogen and oxygen atoms in total. The molecule has 14 heavy (non-hydrogen) atoms. The molecule has 2 N–H and O–H groups in total. The molecule has 0 amide bonds. The van der Waals surface area contributed by atoms with E-state index in [0.29, 0.717) is 10.0 Å². The first-order chi connectivity index (χ1) is 6.66. The van der Waals surface area contributed by atoms with E-state index in [4.69, 9.17) is 10.2 Å². The third-order valence-corrected chi connectivity index (χ3v) is 2.25. The number of aromatic nitrogens is 2. The fourth-order valence-electron chi connectivity index (χ4n) is 0.980. The zero-order chi connectivity index (χ0) is 10.1. The van der Waals surface area contributed by atoms with Crippen LogP contribution in [0, 0.1) is 5.82 Å². The van der Waals surface area contributed by atoms with Crippen LogP contribution in [0.1, 0.15) is 0 Å². The SMILES string of the molecule is Nc1nnc(-c2ccc(Br)c(F)c2)o1. The van der Waals surface area contributed by atoms with Gasteiger partial charge in [0.2, 0.25) is 5.89 Å². The average Bonchev–Trinajstić information content (AvgIpc) is 2.57. The van der Waals surface area contributed by atoms with Crippen LogP contribution in [0.4, 0.5) is 10.4 Å². The lowest BCUT2D eigenvalue weighted by Crippen LogP contribution is -1.81. The highest BCUT2D eigenvalue weighted by Crippen LogP contribution is 2.23. The van der Waals surface area contributed by atoms with Crippen molar-refractivity contribution in [1.82, 2.24) is 10.2 Å². The van der Waals surface area contributed by atoms with Crippen LogP contribution >= 0.6 is 15.9 Å². The van der Waals surface area contributed by atoms with Gasteiger partial charge in [-0.2, -0.15) is 0 Å². The van der Waals surface area contributed by atoms with E-state index in [2.05, 4.69) is 26.1 Å². The van der Waals surface area contributed by atoms with Crippen molar-refractivity contribution >= 4 is 21.9 Å². The summed E-state index contributed by atoms with van der Waals surface area (Å²) >= 11 is 3.04. The maximum Gasteiger partial charge on any atom is 0.313 e. The molecule has 2 rings (SSSR count). The van der Waals surface area contributed by atoms with Crippen LogP contribution in [0.15, 0.2) is 27.1 Å². The molecule has 1 aromatic heterocycles. The second kappa shape index (κ2) is 3.38. The average molecular weight is 258 g/mol. The lowest BCUT2D eigenvalue weighted by molar-refractivity contribution is 0.586. The van der Waals surface area contributed by atoms with Gasteiger partial charge in [0.05, 0.1) is 4.47 Å². The Labute approximate surface area is 87.1 Å². The van der Waals surface area contributed by atoms with E-state index in [9.17, 15) is 4.39 Å². The second-order valence-corrected chi connectivity index (χ2v) is 3.43. The highest BCUT2D eigenvalue weighted by molar-refractivity contribution is 9.10. The molecule has 0 saturated heterocycles. The van der Waals surface area contributed by atoms with Gasteiger partial charge in [-0.25, -0.2) is 4.39 Å². The van der Waals surface area contributed by atoms with Crippen molar-refractivity contribution < 1.29 is 8.81 Å². The summed E-state index contributed by atoms with van der Waals surface area (Å²) < 4.78 is 18.4. The minimum Gasteiger partial charge on any atom is -0.404 e. The number of benzene rings is 1. The van der Waals surface area contributed by atoms with Crippen LogP contribution in [0.3, 0.4) is 0 Å². The van der Waals surface area contributed by atoms with Crippen molar-refractivity contribution in [3.8, 4) is 11.5 Å². The number of anilines is 1. The summed E-state index contributed by atoms with van der Waals surface area (Å²) in [6.45, 7) is 0. The maximum atomic E-state index is 13.1. The molecule has 6 heteroatoms. The topological polar surface area (TPSA) is 64.9 Å². The van der Waals surface area contributed by atoms with Crippen LogP contribution in [0.5, 0.6) is 0 Å². The number of halogens is 2. The van der Waals surface area contributed by atoms with E-state index in [0.717, 1.165) is 0 Å². The van der Waals surface area contributed by atoms with Gasteiger partial charge in [-0.15, -0.1) is 5.10 Å². The first-order valence-electron chi connectivity index (χ1n) is 3.71. The number of nitrogen functional groups attached to an aromatic ring is 1. The zero-order valence-electron chi connectivity index (χ0n) is 6.87. The largest absolute Gasteiger partial charge is 0.404 e. The van der Waals surface area contributed by atoms with Crippen LogP contribution in [-0.4, -0.2) is 10.2 Å². The third kappa shape index (κ3) is 1.60. The molecule has 72 valence electrons. The quantitative estimate of drug-likeness (QED) is 0.851. The molecule has 0 saturated carbocycles. The van der Waals surface area contributed by atoms with E-state index in [1.54, 1.807) is 12.1 Å². The molecule has 1 aromatic carbocycles. The highest BCUT2D eigenvalue weighted by Gasteiger charge is 2.08. The Morgan fingerprint density at radius 2 is 2.14 bits per heavy atom. The zero-order valence-corrected chi connectivity index (χ0v) is 8.45. The summed E-state index contributed by atoms with van der Waals surface area (Å²) in [5.41, 5.74) is 5.74. The van der Waals surface area contributed by atoms with E-state index in [1.165, 1.54) is 6.07 Å². The Hall–Kier alpha value is -1.43. The molecule has 0 aliphatic heterocycles. The summed E-state index contributed by atoms with van der Waals surface area (Å²) in [4.78, 5) is 0. The molecular formula is C8H5BrFN3O. The smallest absolute Gasteiger partial charge is 0.313 e. The number of nitrogens with zero attached hydrogens (tertiary/aromatic N) is 2. The minimum atomic E-state index is -0.390. The van der Waals surface area contributed by atoms with Crippen molar-refractivity contribution in [1.29, 1.82) is 0 Å². The summed E-state index contributed by atoms with van der Waals surface area (Å²) in [7, 11) is 0. The van der Waals surface area contributed by atoms with E-state index < -0.39 is 0 Å². The van der Waals surface area contributed by atoms with Gasteiger partial charge in [0.1, 0.15) is 5.82 Å². The molecule has 0 aliphatic carbocycles. The molecule has 0 aliphatic rings. The fraction of sp³-hybridized carbons (Fsp3) is 0. The molecule has 2 aromatic rings. The van der Waals surface area contributed by atoms with Crippen molar-refractivity contribution in [3.63, 3.8) is 0 Å². The van der Waals surface area contributed by atoms with Crippen LogP contribution < -0.4 is 5.73 Å². The highest BCUT2D eigenvalue weighted by atomic mass is 79.9. The van der Waals surface area contributed by atoms with Gasteiger partial charge in [-0.3, -0.25) is 0 Å². The van der Waals surface area contributed by atoms with E-state index >= 15 is 0 Å². The fourth-order valence-corrected chi connectivity index (χ4v) is 1.23. The maximum absolute atomic E-state index is 13.1. The Morgan fingerprint density at radius 3 is 2.71 bits per heavy atom. The predicted molar refractivity (Wildman–Crippen MR) is 51.8 cm³/mol. The Kier molecular flexibility index (Phi) is 2.20. The predicted octanol–water partition coefficient (Wildman–Crippen LogP) is 2.22. The Bertz CT molecular complexity index is 471. The number of rotatable bonds is 1. The summed E-state index contributed by atoms with van der Waals surface area (Å²) in [6, 6.07) is 4.46. The van der Waals surface area contributed by atoms with E-state index in [1.807, 2.05) is 0 Å². The van der Waals surface area contributed by atoms with E-state index in [-0.39, 0.29) is 17.7 Å². The van der Waals surface area contributed by atoms with Gasteiger partial charge in [0.15, 0.2) is 0 Å². The molecule has 0 spiro atoms. The van der Waals surface area contributed by atoms with Gasteiger partial charge < -0.3 is 10.2 Å². The first-order valence-corrected chi connectivity index (χ1v) is 4.50. The molecule has 0 unspecified atom stereocenters. The van der Waals surface area contributed by atoms with Crippen LogP contribution in [0.2, 0.25) is 0 Å². The van der Waals surface area contributed by atoms with Crippen molar-refractivity contribution in [2.24, 2.45) is 0 Å². The molecule has 1 heterocycles. The monoisotopic (exact) mass is 257 g/mol. The molecule has 0 fully saturated rings. The molecule has 0 atom stereocenters. The van der Waals surface area contributed by atoms with Crippen molar-refractivity contribution in [3.05, 3.63) is 28.5 Å². The summed E-state index contributed by atoms with van der Waals surface area (Å²) in [5.74, 6) is -0.187. The van der Waals surface area contributed by atoms with Crippen LogP contribution in [-0.2, 0) is 0 Å². The second-order valence-electron chi connectivity index (χ2n) is 2.57. The van der Waals surface area contributed by atoms with Gasteiger partial charge in [-0.1, -0.05) is 5.10 Å². The van der Waals surface area contributed by atoms with Crippen molar-refractivity contribution in [2.45, 2.75) is 0 Å². The Balaban J connectivity index is 2.47. The number of hydrogen-bond acceptors (Lipinski definition) is 4. The third-order valence-electron chi connectivity index (χ3n) is 1.61. The summed E-state index contributed by atoms with van der Waals surface area (Å²) in [6.07, 6.45) is 0. The first kappa shape index (κ1) is 9.14. The lowest BCUT2D eigenvalue weighted by Gasteiger charge is -1.96. The molecule has 0 radical (unpaired) electrons. The standard InChI is InChI=1S/C8H5BrFN3O/c9-5-2-1-4(3-6(5)10)7-12-13-8(11)14-7/h1-3H,(H2,11,13). The van der Waals surface area contributed by atoms with Gasteiger partial charge in [0.25, 0.3) is 0 Å². The number of hydrogen-bond donors (Lipinski definition) is 1.